The maximum atomic E-state index is 11.8. The van der Waals surface area contributed by atoms with Gasteiger partial charge in [0.15, 0.2) is 0 Å². The SMILES string of the molecule is CCN1CCC(NC(=O)CCCc2c[nH]nn2)CC1. The standard InChI is InChI=1S/C13H23N5O/c1-2-18-8-6-11(7-9-18)15-13(19)5-3-4-12-10-14-17-16-12/h10-11H,2-9H2,1H3,(H,15,19)(H,14,16,17). The van der Waals surface area contributed by atoms with Gasteiger partial charge in [0, 0.05) is 31.7 Å². The lowest BCUT2D eigenvalue weighted by Gasteiger charge is -2.31. The second-order valence-corrected chi connectivity index (χ2v) is 5.09. The van der Waals surface area contributed by atoms with Crippen LogP contribution in [0.3, 0.4) is 0 Å². The minimum Gasteiger partial charge on any atom is -0.353 e. The molecular formula is C13H23N5O. The first-order valence-electron chi connectivity index (χ1n) is 7.15. The molecule has 1 fully saturated rings. The van der Waals surface area contributed by atoms with E-state index >= 15 is 0 Å². The van der Waals surface area contributed by atoms with Gasteiger partial charge >= 0.3 is 0 Å². The van der Waals surface area contributed by atoms with Crippen LogP contribution < -0.4 is 5.32 Å². The Labute approximate surface area is 113 Å². The van der Waals surface area contributed by atoms with Crippen molar-refractivity contribution < 1.29 is 4.79 Å². The number of carbonyl (C=O) groups excluding carboxylic acids is 1. The van der Waals surface area contributed by atoms with Crippen LogP contribution in [0.5, 0.6) is 0 Å². The number of aromatic amines is 1. The number of hydrogen-bond acceptors (Lipinski definition) is 4. The number of carbonyl (C=O) groups is 1. The summed E-state index contributed by atoms with van der Waals surface area (Å²) in [5.74, 6) is 0.165. The van der Waals surface area contributed by atoms with Crippen molar-refractivity contribution in [2.45, 2.75) is 45.1 Å². The number of piperidine rings is 1. The van der Waals surface area contributed by atoms with Crippen LogP contribution in [0, 0.1) is 0 Å². The molecule has 0 aliphatic carbocycles. The zero-order valence-corrected chi connectivity index (χ0v) is 11.6. The van der Waals surface area contributed by atoms with Crippen LogP contribution in [0.15, 0.2) is 6.20 Å². The predicted octanol–water partition coefficient (Wildman–Crippen LogP) is 0.728. The summed E-state index contributed by atoms with van der Waals surface area (Å²) < 4.78 is 0. The summed E-state index contributed by atoms with van der Waals surface area (Å²) in [7, 11) is 0. The number of amides is 1. The van der Waals surface area contributed by atoms with E-state index in [-0.39, 0.29) is 5.91 Å². The van der Waals surface area contributed by atoms with Crippen LogP contribution in [-0.4, -0.2) is 51.9 Å². The maximum Gasteiger partial charge on any atom is 0.220 e. The predicted molar refractivity (Wildman–Crippen MR) is 72.6 cm³/mol. The number of H-pyrrole nitrogens is 1. The van der Waals surface area contributed by atoms with E-state index in [4.69, 9.17) is 0 Å². The lowest BCUT2D eigenvalue weighted by Crippen LogP contribution is -2.44. The highest BCUT2D eigenvalue weighted by Crippen LogP contribution is 2.10. The highest BCUT2D eigenvalue weighted by Gasteiger charge is 2.19. The van der Waals surface area contributed by atoms with Gasteiger partial charge in [-0.1, -0.05) is 12.1 Å². The third kappa shape index (κ3) is 4.63. The smallest absolute Gasteiger partial charge is 0.220 e. The first kappa shape index (κ1) is 14.0. The highest BCUT2D eigenvalue weighted by molar-refractivity contribution is 5.76. The summed E-state index contributed by atoms with van der Waals surface area (Å²) in [5, 5.41) is 13.4. The van der Waals surface area contributed by atoms with Crippen molar-refractivity contribution in [3.63, 3.8) is 0 Å². The Morgan fingerprint density at radius 2 is 2.32 bits per heavy atom. The van der Waals surface area contributed by atoms with Crippen molar-refractivity contribution >= 4 is 5.91 Å². The van der Waals surface area contributed by atoms with E-state index < -0.39 is 0 Å². The first-order chi connectivity index (χ1) is 9.28. The second kappa shape index (κ2) is 7.23. The molecule has 1 aromatic rings. The van der Waals surface area contributed by atoms with Gasteiger partial charge in [-0.3, -0.25) is 9.89 Å². The molecule has 0 saturated carbocycles. The van der Waals surface area contributed by atoms with Gasteiger partial charge in [-0.05, 0) is 32.2 Å². The minimum atomic E-state index is 0.165. The molecule has 1 amide bonds. The Morgan fingerprint density at radius 1 is 1.53 bits per heavy atom. The molecule has 0 aromatic carbocycles. The molecule has 106 valence electrons. The molecule has 1 aliphatic heterocycles. The first-order valence-corrected chi connectivity index (χ1v) is 7.15. The Balaban J connectivity index is 1.59. The number of rotatable bonds is 6. The van der Waals surface area contributed by atoms with Gasteiger partial charge in [0.05, 0.1) is 5.69 Å². The van der Waals surface area contributed by atoms with Crippen molar-refractivity contribution in [1.82, 2.24) is 25.6 Å². The Morgan fingerprint density at radius 3 is 2.95 bits per heavy atom. The number of hydrogen-bond donors (Lipinski definition) is 2. The molecule has 0 bridgehead atoms. The molecule has 2 heterocycles. The van der Waals surface area contributed by atoms with E-state index in [9.17, 15) is 4.79 Å². The Bertz CT molecular complexity index is 370. The highest BCUT2D eigenvalue weighted by atomic mass is 16.1. The molecular weight excluding hydrogens is 242 g/mol. The van der Waals surface area contributed by atoms with Crippen molar-refractivity contribution in [1.29, 1.82) is 0 Å². The fraction of sp³-hybridized carbons (Fsp3) is 0.769. The summed E-state index contributed by atoms with van der Waals surface area (Å²) in [4.78, 5) is 14.2. The molecule has 6 heteroatoms. The third-order valence-electron chi connectivity index (χ3n) is 3.70. The molecule has 0 unspecified atom stereocenters. The van der Waals surface area contributed by atoms with Gasteiger partial charge in [0.2, 0.25) is 5.91 Å². The van der Waals surface area contributed by atoms with Crippen LogP contribution in [0.2, 0.25) is 0 Å². The number of aryl methyl sites for hydroxylation is 1. The molecule has 19 heavy (non-hydrogen) atoms. The zero-order valence-electron chi connectivity index (χ0n) is 11.6. The number of likely N-dealkylation sites (tertiary alicyclic amines) is 1. The average molecular weight is 265 g/mol. The summed E-state index contributed by atoms with van der Waals surface area (Å²) in [6.07, 6.45) is 6.12. The largest absolute Gasteiger partial charge is 0.353 e. The minimum absolute atomic E-state index is 0.165. The van der Waals surface area contributed by atoms with Crippen LogP contribution in [0.1, 0.15) is 38.3 Å². The van der Waals surface area contributed by atoms with E-state index in [1.807, 2.05) is 0 Å². The third-order valence-corrected chi connectivity index (χ3v) is 3.70. The topological polar surface area (TPSA) is 73.9 Å². The normalized spacial score (nSPS) is 17.5. The van der Waals surface area contributed by atoms with Crippen molar-refractivity contribution in [2.24, 2.45) is 0 Å². The number of aromatic nitrogens is 3. The van der Waals surface area contributed by atoms with Gasteiger partial charge in [-0.25, -0.2) is 0 Å². The molecule has 6 nitrogen and oxygen atoms in total. The molecule has 1 aliphatic rings. The lowest BCUT2D eigenvalue weighted by atomic mass is 10.0. The summed E-state index contributed by atoms with van der Waals surface area (Å²) >= 11 is 0. The second-order valence-electron chi connectivity index (χ2n) is 5.09. The van der Waals surface area contributed by atoms with E-state index in [1.54, 1.807) is 6.20 Å². The van der Waals surface area contributed by atoms with Gasteiger partial charge in [-0.2, -0.15) is 0 Å². The lowest BCUT2D eigenvalue weighted by molar-refractivity contribution is -0.122. The van der Waals surface area contributed by atoms with Crippen molar-refractivity contribution in [3.8, 4) is 0 Å². The molecule has 2 rings (SSSR count). The fourth-order valence-corrected chi connectivity index (χ4v) is 2.47. The Kier molecular flexibility index (Phi) is 5.32. The van der Waals surface area contributed by atoms with Crippen molar-refractivity contribution in [2.75, 3.05) is 19.6 Å². The van der Waals surface area contributed by atoms with Gasteiger partial charge in [-0.15, -0.1) is 5.10 Å². The molecule has 2 N–H and O–H groups in total. The molecule has 0 spiro atoms. The van der Waals surface area contributed by atoms with E-state index in [0.717, 1.165) is 51.0 Å². The fourth-order valence-electron chi connectivity index (χ4n) is 2.47. The molecule has 1 saturated heterocycles. The average Bonchev–Trinajstić information content (AvgIpc) is 2.93. The van der Waals surface area contributed by atoms with Crippen LogP contribution in [0.4, 0.5) is 0 Å². The molecule has 0 radical (unpaired) electrons. The quantitative estimate of drug-likeness (QED) is 0.795. The summed E-state index contributed by atoms with van der Waals surface area (Å²) in [5.41, 5.74) is 0.920. The number of nitrogens with zero attached hydrogens (tertiary/aromatic N) is 3. The van der Waals surface area contributed by atoms with E-state index in [0.29, 0.717) is 12.5 Å². The van der Waals surface area contributed by atoms with Gasteiger partial charge in [0.25, 0.3) is 0 Å². The van der Waals surface area contributed by atoms with Gasteiger partial charge < -0.3 is 10.2 Å². The van der Waals surface area contributed by atoms with E-state index in [1.165, 1.54) is 0 Å². The van der Waals surface area contributed by atoms with Gasteiger partial charge in [0.1, 0.15) is 0 Å². The van der Waals surface area contributed by atoms with Crippen LogP contribution in [0.25, 0.3) is 0 Å². The Hall–Kier alpha value is -1.43. The van der Waals surface area contributed by atoms with Crippen LogP contribution in [-0.2, 0) is 11.2 Å². The molecule has 1 aromatic heterocycles. The summed E-state index contributed by atoms with van der Waals surface area (Å²) in [6.45, 7) is 5.49. The van der Waals surface area contributed by atoms with Crippen molar-refractivity contribution in [3.05, 3.63) is 11.9 Å². The summed E-state index contributed by atoms with van der Waals surface area (Å²) in [6, 6.07) is 0.363. The van der Waals surface area contributed by atoms with E-state index in [2.05, 4.69) is 32.6 Å². The monoisotopic (exact) mass is 265 g/mol. The number of nitrogens with one attached hydrogen (secondary N) is 2. The zero-order chi connectivity index (χ0) is 13.5. The molecule has 0 atom stereocenters. The van der Waals surface area contributed by atoms with Crippen LogP contribution >= 0.6 is 0 Å². The maximum absolute atomic E-state index is 11.8.